The van der Waals surface area contributed by atoms with Crippen LogP contribution in [0.2, 0.25) is 0 Å². The number of amides is 1. The lowest BCUT2D eigenvalue weighted by Gasteiger charge is -2.29. The van der Waals surface area contributed by atoms with E-state index in [0.29, 0.717) is 35.3 Å². The Kier molecular flexibility index (Phi) is 10.6. The van der Waals surface area contributed by atoms with Crippen LogP contribution in [0.5, 0.6) is 11.5 Å². The zero-order chi connectivity index (χ0) is 29.4. The molecule has 2 aromatic carbocycles. The highest BCUT2D eigenvalue weighted by atomic mass is 19.1. The second kappa shape index (κ2) is 13.9. The molecule has 40 heavy (non-hydrogen) atoms. The number of carbonyl (C=O) groups is 1. The van der Waals surface area contributed by atoms with Gasteiger partial charge in [0.1, 0.15) is 5.82 Å². The van der Waals surface area contributed by atoms with Gasteiger partial charge in [-0.25, -0.2) is 8.78 Å². The Morgan fingerprint density at radius 1 is 0.975 bits per heavy atom. The fourth-order valence-electron chi connectivity index (χ4n) is 5.24. The molecule has 0 spiro atoms. The van der Waals surface area contributed by atoms with Gasteiger partial charge in [0, 0.05) is 29.4 Å². The van der Waals surface area contributed by atoms with Gasteiger partial charge >= 0.3 is 0 Å². The first-order chi connectivity index (χ1) is 19.3. The summed E-state index contributed by atoms with van der Waals surface area (Å²) < 4.78 is 27.4. The maximum absolute atomic E-state index is 13.8. The van der Waals surface area contributed by atoms with Crippen LogP contribution < -0.4 is 5.32 Å². The van der Waals surface area contributed by atoms with Crippen molar-refractivity contribution < 1.29 is 23.8 Å². The predicted molar refractivity (Wildman–Crippen MR) is 156 cm³/mol. The summed E-state index contributed by atoms with van der Waals surface area (Å²) in [5.41, 5.74) is 3.39. The third kappa shape index (κ3) is 6.61. The average molecular weight is 552 g/mol. The highest BCUT2D eigenvalue weighted by Crippen LogP contribution is 2.40. The SMILES string of the molecule is CC.CC.Cc1cc(C(=O)NCC2CCC(c3ccnc4ccc(F)cc34)CC2)c(-c2ccc(F)c(O)c2O)[nH]1. The monoisotopic (exact) mass is 551 g/mol. The number of carbonyl (C=O) groups excluding carboxylic acids is 1. The normalized spacial score (nSPS) is 16.4. The third-order valence-electron chi connectivity index (χ3n) is 7.14. The summed E-state index contributed by atoms with van der Waals surface area (Å²) in [6, 6.07) is 10.7. The molecule has 4 N–H and O–H groups in total. The number of H-pyrrole nitrogens is 1. The highest BCUT2D eigenvalue weighted by molar-refractivity contribution is 6.01. The summed E-state index contributed by atoms with van der Waals surface area (Å²) in [6.07, 6.45) is 5.50. The molecule has 214 valence electrons. The number of aromatic amines is 1. The van der Waals surface area contributed by atoms with Crippen LogP contribution in [0.25, 0.3) is 22.2 Å². The van der Waals surface area contributed by atoms with Gasteiger partial charge in [0.05, 0.1) is 16.8 Å². The van der Waals surface area contributed by atoms with E-state index in [1.54, 1.807) is 31.3 Å². The number of rotatable bonds is 5. The van der Waals surface area contributed by atoms with Crippen molar-refractivity contribution in [1.29, 1.82) is 0 Å². The predicted octanol–water partition coefficient (Wildman–Crippen LogP) is 7.98. The van der Waals surface area contributed by atoms with E-state index >= 15 is 0 Å². The van der Waals surface area contributed by atoms with E-state index in [0.717, 1.165) is 48.2 Å². The maximum atomic E-state index is 13.8. The Morgan fingerprint density at radius 3 is 2.38 bits per heavy atom. The molecule has 5 rings (SSSR count). The molecule has 6 nitrogen and oxygen atoms in total. The van der Waals surface area contributed by atoms with Gasteiger partial charge in [0.15, 0.2) is 17.3 Å². The Hall–Kier alpha value is -3.94. The number of nitrogens with one attached hydrogen (secondary N) is 2. The molecule has 4 aromatic rings. The van der Waals surface area contributed by atoms with Crippen LogP contribution in [-0.2, 0) is 0 Å². The number of fused-ring (bicyclic) bond motifs is 1. The number of hydrogen-bond acceptors (Lipinski definition) is 4. The van der Waals surface area contributed by atoms with Crippen molar-refractivity contribution in [2.24, 2.45) is 5.92 Å². The Labute approximate surface area is 234 Å². The molecule has 0 radical (unpaired) electrons. The van der Waals surface area contributed by atoms with Gasteiger partial charge in [-0.1, -0.05) is 27.7 Å². The number of benzene rings is 2. The van der Waals surface area contributed by atoms with Crippen molar-refractivity contribution in [3.05, 3.63) is 77.1 Å². The van der Waals surface area contributed by atoms with Gasteiger partial charge in [-0.2, -0.15) is 0 Å². The van der Waals surface area contributed by atoms with Crippen LogP contribution in [0.1, 0.15) is 80.9 Å². The number of pyridine rings is 1. The van der Waals surface area contributed by atoms with Crippen LogP contribution in [0, 0.1) is 24.5 Å². The second-order valence-corrected chi connectivity index (χ2v) is 9.52. The van der Waals surface area contributed by atoms with Gasteiger partial charge in [-0.15, -0.1) is 0 Å². The largest absolute Gasteiger partial charge is 0.504 e. The van der Waals surface area contributed by atoms with Gasteiger partial charge in [0.2, 0.25) is 0 Å². The topological polar surface area (TPSA) is 98.2 Å². The molecule has 1 aliphatic rings. The lowest BCUT2D eigenvalue weighted by molar-refractivity contribution is 0.0943. The van der Waals surface area contributed by atoms with Crippen molar-refractivity contribution in [3.8, 4) is 22.8 Å². The molecule has 1 amide bonds. The van der Waals surface area contributed by atoms with Gasteiger partial charge in [-0.3, -0.25) is 9.78 Å². The summed E-state index contributed by atoms with van der Waals surface area (Å²) in [7, 11) is 0. The summed E-state index contributed by atoms with van der Waals surface area (Å²) in [4.78, 5) is 20.4. The van der Waals surface area contributed by atoms with Crippen molar-refractivity contribution in [3.63, 3.8) is 0 Å². The quantitative estimate of drug-likeness (QED) is 0.189. The Morgan fingerprint density at radius 2 is 1.68 bits per heavy atom. The molecule has 0 aliphatic heterocycles. The van der Waals surface area contributed by atoms with Gasteiger partial charge in [-0.05, 0) is 92.5 Å². The molecule has 0 atom stereocenters. The summed E-state index contributed by atoms with van der Waals surface area (Å²) in [5.74, 6) is -2.36. The zero-order valence-corrected chi connectivity index (χ0v) is 23.8. The average Bonchev–Trinajstić information content (AvgIpc) is 3.38. The highest BCUT2D eigenvalue weighted by Gasteiger charge is 2.26. The number of phenolic OH excluding ortho intramolecular Hbond substituents is 2. The summed E-state index contributed by atoms with van der Waals surface area (Å²) >= 11 is 0. The van der Waals surface area contributed by atoms with Crippen LogP contribution >= 0.6 is 0 Å². The first-order valence-electron chi connectivity index (χ1n) is 14.0. The van der Waals surface area contributed by atoms with E-state index in [1.165, 1.54) is 12.1 Å². The summed E-state index contributed by atoms with van der Waals surface area (Å²) in [5, 5.41) is 23.8. The smallest absolute Gasteiger partial charge is 0.253 e. The first-order valence-corrected chi connectivity index (χ1v) is 14.0. The van der Waals surface area contributed by atoms with Crippen LogP contribution in [-0.4, -0.2) is 32.6 Å². The number of hydrogen-bond donors (Lipinski definition) is 4. The molecule has 0 bridgehead atoms. The lowest BCUT2D eigenvalue weighted by Crippen LogP contribution is -2.31. The molecule has 0 unspecified atom stereocenters. The molecule has 1 aliphatic carbocycles. The number of nitrogens with zero attached hydrogens (tertiary/aromatic N) is 1. The van der Waals surface area contributed by atoms with Crippen LogP contribution in [0.4, 0.5) is 8.78 Å². The van der Waals surface area contributed by atoms with Crippen molar-refractivity contribution >= 4 is 16.8 Å². The van der Waals surface area contributed by atoms with E-state index in [2.05, 4.69) is 15.3 Å². The maximum Gasteiger partial charge on any atom is 0.253 e. The molecule has 1 fully saturated rings. The molecule has 1 saturated carbocycles. The third-order valence-corrected chi connectivity index (χ3v) is 7.14. The molecule has 8 heteroatoms. The summed E-state index contributed by atoms with van der Waals surface area (Å²) in [6.45, 7) is 10.3. The Balaban J connectivity index is 0.00000106. The molecular weight excluding hydrogens is 512 g/mol. The van der Waals surface area contributed by atoms with E-state index in [-0.39, 0.29) is 17.3 Å². The van der Waals surface area contributed by atoms with E-state index in [9.17, 15) is 23.8 Å². The molecule has 2 aromatic heterocycles. The Bertz CT molecular complexity index is 1440. The second-order valence-electron chi connectivity index (χ2n) is 9.52. The number of aromatic nitrogens is 2. The van der Waals surface area contributed by atoms with Gasteiger partial charge < -0.3 is 20.5 Å². The minimum absolute atomic E-state index is 0.147. The number of halogens is 2. The minimum atomic E-state index is -0.939. The molecule has 0 saturated heterocycles. The van der Waals surface area contributed by atoms with Gasteiger partial charge in [0.25, 0.3) is 5.91 Å². The fourth-order valence-corrected chi connectivity index (χ4v) is 5.24. The fraction of sp³-hybridized carbons (Fsp3) is 0.375. The minimum Gasteiger partial charge on any atom is -0.504 e. The van der Waals surface area contributed by atoms with Crippen molar-refractivity contribution in [2.45, 2.75) is 66.2 Å². The van der Waals surface area contributed by atoms with E-state index < -0.39 is 17.3 Å². The molecule has 2 heterocycles. The van der Waals surface area contributed by atoms with Crippen molar-refractivity contribution in [1.82, 2.24) is 15.3 Å². The number of phenols is 2. The van der Waals surface area contributed by atoms with Crippen molar-refractivity contribution in [2.75, 3.05) is 6.54 Å². The zero-order valence-electron chi connectivity index (χ0n) is 23.8. The van der Waals surface area contributed by atoms with Crippen LogP contribution in [0.3, 0.4) is 0 Å². The van der Waals surface area contributed by atoms with Crippen LogP contribution in [0.15, 0.2) is 48.7 Å². The standard InChI is InChI=1S/C28H27F2N3O3.2C2H6/c1-15-12-22(25(33-15)20-7-8-23(30)27(35)26(20)34)28(36)32-14-16-2-4-17(5-3-16)19-10-11-31-24-9-6-18(29)13-21(19)24;2*1-2/h6-13,16-17,33-35H,2-5,14H2,1H3,(H,32,36);2*1-2H3. The lowest BCUT2D eigenvalue weighted by atomic mass is 9.78. The van der Waals surface area contributed by atoms with E-state index in [1.807, 2.05) is 33.8 Å². The van der Waals surface area contributed by atoms with E-state index in [4.69, 9.17) is 0 Å². The number of aromatic hydroxyl groups is 2. The first kappa shape index (κ1) is 30.6. The molecular formula is C32H39F2N3O3. The number of aryl methyl sites for hydroxylation is 1.